The molecule has 5 nitrogen and oxygen atoms in total. The average molecular weight is 289 g/mol. The van der Waals surface area contributed by atoms with Crippen LogP contribution in [0.15, 0.2) is 16.6 Å². The number of methoxy groups -OCH3 is 2. The van der Waals surface area contributed by atoms with Crippen molar-refractivity contribution in [3.8, 4) is 5.75 Å². The molecular weight excluding hydrogens is 278 g/mol. The van der Waals surface area contributed by atoms with Gasteiger partial charge in [-0.15, -0.1) is 0 Å². The molecule has 1 rings (SSSR count). The Hall–Kier alpha value is -1.27. The number of hydrogen-bond acceptors (Lipinski definition) is 5. The zero-order valence-corrected chi connectivity index (χ0v) is 10.5. The van der Waals surface area contributed by atoms with E-state index in [1.807, 2.05) is 0 Å². The summed E-state index contributed by atoms with van der Waals surface area (Å²) in [6, 6.07) is 3.10. The summed E-state index contributed by atoms with van der Waals surface area (Å²) in [5.41, 5.74) is 2.77. The quantitative estimate of drug-likeness (QED) is 0.678. The summed E-state index contributed by atoms with van der Waals surface area (Å²) in [4.78, 5) is 11.2. The van der Waals surface area contributed by atoms with Crippen LogP contribution in [0, 0.1) is 5.21 Å². The van der Waals surface area contributed by atoms with E-state index in [9.17, 15) is 10.0 Å². The first kappa shape index (κ1) is 12.8. The van der Waals surface area contributed by atoms with Gasteiger partial charge in [0.1, 0.15) is 5.75 Å². The Balaban J connectivity index is 3.11. The number of carbonyl (C=O) groups is 1. The molecular formula is C10H11BrNO4-. The third kappa shape index (κ3) is 2.86. The normalized spacial score (nSPS) is 9.75. The number of benzene rings is 1. The van der Waals surface area contributed by atoms with Crippen molar-refractivity contribution >= 4 is 27.6 Å². The minimum atomic E-state index is -0.373. The highest BCUT2D eigenvalue weighted by atomic mass is 79.9. The van der Waals surface area contributed by atoms with Gasteiger partial charge in [-0.25, -0.2) is 0 Å². The lowest BCUT2D eigenvalue weighted by molar-refractivity contribution is -0.139. The van der Waals surface area contributed by atoms with Gasteiger partial charge >= 0.3 is 5.97 Å². The van der Waals surface area contributed by atoms with Crippen LogP contribution in [0.25, 0.3) is 0 Å². The van der Waals surface area contributed by atoms with Gasteiger partial charge in [-0.3, -0.25) is 4.79 Å². The number of ether oxygens (including phenoxy) is 2. The van der Waals surface area contributed by atoms with Gasteiger partial charge in [-0.05, 0) is 6.07 Å². The van der Waals surface area contributed by atoms with Crippen LogP contribution in [0.5, 0.6) is 5.75 Å². The zero-order chi connectivity index (χ0) is 12.1. The zero-order valence-electron chi connectivity index (χ0n) is 8.87. The molecule has 0 saturated carbocycles. The van der Waals surface area contributed by atoms with Crippen LogP contribution in [0.2, 0.25) is 0 Å². The van der Waals surface area contributed by atoms with Crippen LogP contribution in [-0.2, 0) is 16.0 Å². The predicted molar refractivity (Wildman–Crippen MR) is 63.4 cm³/mol. The minimum Gasteiger partial charge on any atom is -0.761 e. The first-order valence-corrected chi connectivity index (χ1v) is 5.23. The number of anilines is 1. The molecule has 0 fully saturated rings. The molecule has 16 heavy (non-hydrogen) atoms. The molecule has 0 bridgehead atoms. The van der Waals surface area contributed by atoms with E-state index in [0.29, 0.717) is 21.5 Å². The Kier molecular flexibility index (Phi) is 4.57. The number of halogens is 1. The molecule has 1 aromatic carbocycles. The summed E-state index contributed by atoms with van der Waals surface area (Å²) in [5, 5.41) is 10.5. The highest BCUT2D eigenvalue weighted by Crippen LogP contribution is 2.31. The lowest BCUT2D eigenvalue weighted by Crippen LogP contribution is -2.07. The first-order chi connectivity index (χ1) is 7.62. The van der Waals surface area contributed by atoms with Crippen LogP contribution in [-0.4, -0.2) is 20.2 Å². The van der Waals surface area contributed by atoms with Crippen molar-refractivity contribution in [3.63, 3.8) is 0 Å². The number of carbonyl (C=O) groups excluding carboxylic acids is 1. The molecule has 0 radical (unpaired) electrons. The van der Waals surface area contributed by atoms with E-state index >= 15 is 0 Å². The highest BCUT2D eigenvalue weighted by molar-refractivity contribution is 9.10. The molecule has 0 heterocycles. The molecule has 88 valence electrons. The molecule has 1 N–H and O–H groups in total. The molecule has 1 aromatic rings. The number of hydrogen-bond donors (Lipinski definition) is 1. The molecule has 0 aliphatic heterocycles. The summed E-state index contributed by atoms with van der Waals surface area (Å²) in [6.45, 7) is 0. The first-order valence-electron chi connectivity index (χ1n) is 4.43. The summed E-state index contributed by atoms with van der Waals surface area (Å²) >= 11 is 3.27. The van der Waals surface area contributed by atoms with Crippen molar-refractivity contribution in [2.24, 2.45) is 0 Å². The van der Waals surface area contributed by atoms with Crippen LogP contribution in [0.1, 0.15) is 5.56 Å². The van der Waals surface area contributed by atoms with Crippen LogP contribution < -0.4 is 10.2 Å². The van der Waals surface area contributed by atoms with Crippen molar-refractivity contribution in [1.82, 2.24) is 0 Å². The topological polar surface area (TPSA) is 70.6 Å². The summed E-state index contributed by atoms with van der Waals surface area (Å²) in [6.07, 6.45) is 0.0827. The van der Waals surface area contributed by atoms with Gasteiger partial charge in [0.15, 0.2) is 0 Å². The van der Waals surface area contributed by atoms with Crippen molar-refractivity contribution in [2.45, 2.75) is 6.42 Å². The summed E-state index contributed by atoms with van der Waals surface area (Å²) < 4.78 is 10.3. The Morgan fingerprint density at radius 2 is 2.19 bits per heavy atom. The fourth-order valence-electron chi connectivity index (χ4n) is 1.24. The monoisotopic (exact) mass is 288 g/mol. The molecule has 0 aliphatic rings. The fourth-order valence-corrected chi connectivity index (χ4v) is 1.82. The lowest BCUT2D eigenvalue weighted by atomic mass is 10.1. The third-order valence-corrected chi connectivity index (χ3v) is 2.75. The molecule has 0 aliphatic carbocycles. The summed E-state index contributed by atoms with van der Waals surface area (Å²) in [7, 11) is 2.79. The predicted octanol–water partition coefficient (Wildman–Crippen LogP) is 2.08. The van der Waals surface area contributed by atoms with Gasteiger partial charge < -0.3 is 20.2 Å². The van der Waals surface area contributed by atoms with Gasteiger partial charge in [0.2, 0.25) is 0 Å². The molecule has 6 heteroatoms. The van der Waals surface area contributed by atoms with E-state index in [0.717, 1.165) is 0 Å². The Bertz CT molecular complexity index is 395. The Morgan fingerprint density at radius 1 is 1.50 bits per heavy atom. The SMILES string of the molecule is COC(=O)Cc1c(Br)cc(N[O-])cc1OC. The molecule has 0 unspecified atom stereocenters. The van der Waals surface area contributed by atoms with Crippen LogP contribution in [0.3, 0.4) is 0 Å². The van der Waals surface area contributed by atoms with Crippen molar-refractivity contribution in [3.05, 3.63) is 27.4 Å². The second kappa shape index (κ2) is 5.72. The number of rotatable bonds is 4. The second-order valence-electron chi connectivity index (χ2n) is 2.99. The highest BCUT2D eigenvalue weighted by Gasteiger charge is 2.13. The van der Waals surface area contributed by atoms with E-state index in [-0.39, 0.29) is 12.4 Å². The van der Waals surface area contributed by atoms with Gasteiger partial charge in [0.05, 0.1) is 20.6 Å². The van der Waals surface area contributed by atoms with E-state index in [4.69, 9.17) is 4.74 Å². The minimum absolute atomic E-state index is 0.0827. The van der Waals surface area contributed by atoms with E-state index < -0.39 is 0 Å². The number of esters is 1. The van der Waals surface area contributed by atoms with Crippen LogP contribution in [0.4, 0.5) is 5.69 Å². The second-order valence-corrected chi connectivity index (χ2v) is 3.85. The Labute approximate surface area is 101 Å². The van der Waals surface area contributed by atoms with Gasteiger partial charge in [-0.1, -0.05) is 15.9 Å². The maximum Gasteiger partial charge on any atom is 0.310 e. The largest absolute Gasteiger partial charge is 0.761 e. The standard InChI is InChI=1S/C10H11BrNO4/c1-15-9-4-6(12-14)3-8(11)7(9)5-10(13)16-2/h3-4,12H,5H2,1-2H3/q-1. The van der Waals surface area contributed by atoms with Crippen molar-refractivity contribution in [2.75, 3.05) is 19.7 Å². The molecule has 0 spiro atoms. The van der Waals surface area contributed by atoms with Crippen molar-refractivity contribution < 1.29 is 14.3 Å². The fraction of sp³-hybridized carbons (Fsp3) is 0.300. The summed E-state index contributed by atoms with van der Waals surface area (Å²) in [5.74, 6) is 0.0833. The van der Waals surface area contributed by atoms with E-state index in [1.165, 1.54) is 20.3 Å². The smallest absolute Gasteiger partial charge is 0.310 e. The third-order valence-electron chi connectivity index (χ3n) is 2.04. The Morgan fingerprint density at radius 3 is 2.69 bits per heavy atom. The van der Waals surface area contributed by atoms with Crippen molar-refractivity contribution in [1.29, 1.82) is 0 Å². The number of nitrogens with one attached hydrogen (secondary N) is 1. The average Bonchev–Trinajstić information content (AvgIpc) is 2.30. The van der Waals surface area contributed by atoms with Crippen LogP contribution >= 0.6 is 15.9 Å². The van der Waals surface area contributed by atoms with Gasteiger partial charge in [0.25, 0.3) is 0 Å². The van der Waals surface area contributed by atoms with E-state index in [1.54, 1.807) is 11.5 Å². The van der Waals surface area contributed by atoms with E-state index in [2.05, 4.69) is 20.7 Å². The molecule has 0 aromatic heterocycles. The maximum atomic E-state index is 11.2. The molecule has 0 amide bonds. The van der Waals surface area contributed by atoms with Gasteiger partial charge in [0, 0.05) is 21.8 Å². The van der Waals surface area contributed by atoms with Gasteiger partial charge in [-0.2, -0.15) is 0 Å². The maximum absolute atomic E-state index is 11.2. The molecule has 0 saturated heterocycles. The lowest BCUT2D eigenvalue weighted by Gasteiger charge is -2.15. The molecule has 0 atom stereocenters.